The number of aromatic nitrogens is 1. The molecule has 11 heavy (non-hydrogen) atoms. The second-order valence-corrected chi connectivity index (χ2v) is 3.06. The summed E-state index contributed by atoms with van der Waals surface area (Å²) in [6.45, 7) is 1.84. The molecular weight excluding hydrogens is 183 g/mol. The molecular formula is C7H8Cl2N2. The molecule has 0 aliphatic rings. The molecule has 1 aromatic rings. The quantitative estimate of drug-likeness (QED) is 0.692. The number of halogens is 2. The van der Waals surface area contributed by atoms with Crippen molar-refractivity contribution in [3.8, 4) is 0 Å². The molecule has 2 N–H and O–H groups in total. The van der Waals surface area contributed by atoms with E-state index in [9.17, 15) is 0 Å². The van der Waals surface area contributed by atoms with Crippen LogP contribution in [0.2, 0.25) is 10.2 Å². The van der Waals surface area contributed by atoms with E-state index in [1.54, 1.807) is 12.1 Å². The van der Waals surface area contributed by atoms with Gasteiger partial charge in [-0.1, -0.05) is 23.2 Å². The average Bonchev–Trinajstić information content (AvgIpc) is 1.94. The van der Waals surface area contributed by atoms with Crippen LogP contribution in [-0.4, -0.2) is 4.98 Å². The van der Waals surface area contributed by atoms with Gasteiger partial charge in [-0.2, -0.15) is 0 Å². The number of hydrogen-bond acceptors (Lipinski definition) is 2. The summed E-state index contributed by atoms with van der Waals surface area (Å²) >= 11 is 11.3. The molecule has 4 heteroatoms. The first-order chi connectivity index (χ1) is 5.11. The molecule has 0 fully saturated rings. The van der Waals surface area contributed by atoms with Gasteiger partial charge in [-0.15, -0.1) is 0 Å². The zero-order valence-electron chi connectivity index (χ0n) is 6.01. The number of pyridine rings is 1. The van der Waals surface area contributed by atoms with E-state index in [2.05, 4.69) is 4.98 Å². The Kier molecular flexibility index (Phi) is 2.71. The molecule has 0 amide bonds. The zero-order valence-corrected chi connectivity index (χ0v) is 7.52. The molecule has 0 radical (unpaired) electrons. The van der Waals surface area contributed by atoms with Crippen LogP contribution in [0.1, 0.15) is 18.7 Å². The molecule has 60 valence electrons. The van der Waals surface area contributed by atoms with E-state index in [4.69, 9.17) is 28.9 Å². The van der Waals surface area contributed by atoms with E-state index >= 15 is 0 Å². The molecule has 2 nitrogen and oxygen atoms in total. The Morgan fingerprint density at radius 2 is 2.09 bits per heavy atom. The summed E-state index contributed by atoms with van der Waals surface area (Å²) in [5.74, 6) is 0. The van der Waals surface area contributed by atoms with Crippen LogP contribution in [0.3, 0.4) is 0 Å². The maximum Gasteiger partial charge on any atom is 0.147 e. The van der Waals surface area contributed by atoms with Crippen LogP contribution in [0.15, 0.2) is 12.1 Å². The highest BCUT2D eigenvalue weighted by Crippen LogP contribution is 2.20. The van der Waals surface area contributed by atoms with Gasteiger partial charge < -0.3 is 5.73 Å². The van der Waals surface area contributed by atoms with Crippen molar-refractivity contribution in [1.29, 1.82) is 0 Å². The molecule has 0 aliphatic carbocycles. The minimum Gasteiger partial charge on any atom is -0.323 e. The van der Waals surface area contributed by atoms with Crippen LogP contribution in [-0.2, 0) is 0 Å². The predicted molar refractivity (Wildman–Crippen MR) is 46.9 cm³/mol. The van der Waals surface area contributed by atoms with Crippen molar-refractivity contribution in [1.82, 2.24) is 4.98 Å². The Balaban J connectivity index is 3.05. The highest BCUT2D eigenvalue weighted by atomic mass is 35.5. The minimum atomic E-state index is -0.107. The molecule has 1 heterocycles. The molecule has 0 saturated carbocycles. The number of rotatable bonds is 1. The van der Waals surface area contributed by atoms with E-state index in [1.165, 1.54) is 0 Å². The lowest BCUT2D eigenvalue weighted by molar-refractivity contribution is 0.781. The van der Waals surface area contributed by atoms with Gasteiger partial charge in [0.15, 0.2) is 0 Å². The van der Waals surface area contributed by atoms with Crippen molar-refractivity contribution in [2.75, 3.05) is 0 Å². The topological polar surface area (TPSA) is 38.9 Å². The lowest BCUT2D eigenvalue weighted by atomic mass is 10.2. The van der Waals surface area contributed by atoms with Crippen LogP contribution in [0.25, 0.3) is 0 Å². The molecule has 0 aliphatic heterocycles. The number of hydrogen-bond donors (Lipinski definition) is 1. The van der Waals surface area contributed by atoms with Gasteiger partial charge in [-0.3, -0.25) is 0 Å². The summed E-state index contributed by atoms with van der Waals surface area (Å²) in [4.78, 5) is 3.98. The Labute approximate surface area is 75.3 Å². The molecule has 0 saturated heterocycles. The van der Waals surface area contributed by atoms with Gasteiger partial charge in [0, 0.05) is 6.04 Å². The summed E-state index contributed by atoms with van der Waals surface area (Å²) in [5.41, 5.74) is 6.32. The first-order valence-electron chi connectivity index (χ1n) is 3.19. The fraction of sp³-hybridized carbons (Fsp3) is 0.286. The predicted octanol–water partition coefficient (Wildman–Crippen LogP) is 2.41. The van der Waals surface area contributed by atoms with Crippen molar-refractivity contribution >= 4 is 23.2 Å². The maximum absolute atomic E-state index is 5.66. The van der Waals surface area contributed by atoms with Crippen LogP contribution in [0, 0.1) is 0 Å². The molecule has 1 atom stereocenters. The van der Waals surface area contributed by atoms with Gasteiger partial charge in [-0.25, -0.2) is 4.98 Å². The molecule has 1 unspecified atom stereocenters. The van der Waals surface area contributed by atoms with Crippen molar-refractivity contribution in [3.63, 3.8) is 0 Å². The third kappa shape index (κ3) is 2.06. The smallest absolute Gasteiger partial charge is 0.147 e. The van der Waals surface area contributed by atoms with Crippen molar-refractivity contribution in [2.24, 2.45) is 5.73 Å². The van der Waals surface area contributed by atoms with Gasteiger partial charge in [0.2, 0.25) is 0 Å². The highest BCUT2D eigenvalue weighted by Gasteiger charge is 2.03. The van der Waals surface area contributed by atoms with Crippen LogP contribution >= 0.6 is 23.2 Å². The van der Waals surface area contributed by atoms with E-state index in [-0.39, 0.29) is 6.04 Å². The lowest BCUT2D eigenvalue weighted by Gasteiger charge is -2.04. The summed E-state index contributed by atoms with van der Waals surface area (Å²) in [5, 5.41) is 0.762. The number of nitrogens with zero attached hydrogens (tertiary/aromatic N) is 1. The van der Waals surface area contributed by atoms with E-state index < -0.39 is 0 Å². The van der Waals surface area contributed by atoms with Crippen molar-refractivity contribution in [2.45, 2.75) is 13.0 Å². The molecule has 0 spiro atoms. The summed E-state index contributed by atoms with van der Waals surface area (Å²) < 4.78 is 0. The first kappa shape index (κ1) is 8.78. The van der Waals surface area contributed by atoms with Gasteiger partial charge in [0.05, 0.1) is 10.7 Å². The summed E-state index contributed by atoms with van der Waals surface area (Å²) in [6.07, 6.45) is 0. The first-order valence-corrected chi connectivity index (χ1v) is 3.94. The van der Waals surface area contributed by atoms with Gasteiger partial charge >= 0.3 is 0 Å². The van der Waals surface area contributed by atoms with Crippen LogP contribution in [0.4, 0.5) is 0 Å². The van der Waals surface area contributed by atoms with E-state index in [1.807, 2.05) is 6.92 Å². The Bertz CT molecular complexity index is 261. The summed E-state index contributed by atoms with van der Waals surface area (Å²) in [7, 11) is 0. The zero-order chi connectivity index (χ0) is 8.43. The Morgan fingerprint density at radius 1 is 1.45 bits per heavy atom. The normalized spacial score (nSPS) is 13.1. The fourth-order valence-corrected chi connectivity index (χ4v) is 0.951. The van der Waals surface area contributed by atoms with Crippen molar-refractivity contribution in [3.05, 3.63) is 28.0 Å². The van der Waals surface area contributed by atoms with E-state index in [0.29, 0.717) is 10.2 Å². The van der Waals surface area contributed by atoms with Gasteiger partial charge in [0.1, 0.15) is 5.15 Å². The molecule has 1 rings (SSSR count). The minimum absolute atomic E-state index is 0.107. The Morgan fingerprint density at radius 3 is 2.55 bits per heavy atom. The highest BCUT2D eigenvalue weighted by molar-refractivity contribution is 6.41. The van der Waals surface area contributed by atoms with Gasteiger partial charge in [0.25, 0.3) is 0 Å². The molecule has 1 aromatic heterocycles. The third-order valence-corrected chi connectivity index (χ3v) is 1.98. The van der Waals surface area contributed by atoms with Crippen molar-refractivity contribution < 1.29 is 0 Å². The monoisotopic (exact) mass is 190 g/mol. The standard InChI is InChI=1S/C7H8Cl2N2/c1-4(10)6-3-2-5(8)7(9)11-6/h2-4H,10H2,1H3. The van der Waals surface area contributed by atoms with E-state index in [0.717, 1.165) is 5.69 Å². The lowest BCUT2D eigenvalue weighted by Crippen LogP contribution is -2.06. The summed E-state index contributed by atoms with van der Waals surface area (Å²) in [6, 6.07) is 3.35. The second kappa shape index (κ2) is 3.39. The Hall–Kier alpha value is -0.310. The SMILES string of the molecule is CC(N)c1ccc(Cl)c(Cl)n1. The average molecular weight is 191 g/mol. The second-order valence-electron chi connectivity index (χ2n) is 2.30. The largest absolute Gasteiger partial charge is 0.323 e. The van der Waals surface area contributed by atoms with Gasteiger partial charge in [-0.05, 0) is 19.1 Å². The van der Waals surface area contributed by atoms with Crippen LogP contribution < -0.4 is 5.73 Å². The maximum atomic E-state index is 5.66. The molecule has 0 aromatic carbocycles. The fourth-order valence-electron chi connectivity index (χ4n) is 0.685. The third-order valence-electron chi connectivity index (χ3n) is 1.29. The number of nitrogens with two attached hydrogens (primary N) is 1. The molecule has 0 bridgehead atoms. The van der Waals surface area contributed by atoms with Crippen LogP contribution in [0.5, 0.6) is 0 Å².